The highest BCUT2D eigenvalue weighted by Crippen LogP contribution is 2.41. The molecule has 0 saturated heterocycles. The lowest BCUT2D eigenvalue weighted by molar-refractivity contribution is 0.414. The van der Waals surface area contributed by atoms with Crippen molar-refractivity contribution < 1.29 is 4.74 Å². The zero-order valence-corrected chi connectivity index (χ0v) is 14.7. The van der Waals surface area contributed by atoms with Crippen molar-refractivity contribution >= 4 is 27.7 Å². The van der Waals surface area contributed by atoms with Crippen molar-refractivity contribution in [1.82, 2.24) is 0 Å². The van der Waals surface area contributed by atoms with Crippen molar-refractivity contribution in [1.29, 1.82) is 0 Å². The largest absolute Gasteiger partial charge is 0.497 e. The maximum absolute atomic E-state index is 6.36. The van der Waals surface area contributed by atoms with E-state index in [4.69, 9.17) is 10.5 Å². The molecule has 0 bridgehead atoms. The fourth-order valence-electron chi connectivity index (χ4n) is 2.10. The minimum atomic E-state index is 0.107. The van der Waals surface area contributed by atoms with Crippen molar-refractivity contribution in [3.05, 3.63) is 58.6 Å². The molecule has 0 aliphatic heterocycles. The van der Waals surface area contributed by atoms with Gasteiger partial charge in [-0.25, -0.2) is 0 Å². The highest BCUT2D eigenvalue weighted by Gasteiger charge is 2.21. The normalized spacial score (nSPS) is 13.7. The smallest absolute Gasteiger partial charge is 0.118 e. The summed E-state index contributed by atoms with van der Waals surface area (Å²) in [5, 5.41) is 0.221. The van der Waals surface area contributed by atoms with Gasteiger partial charge in [-0.05, 0) is 42.3 Å². The lowest BCUT2D eigenvalue weighted by Crippen LogP contribution is -2.25. The van der Waals surface area contributed by atoms with Gasteiger partial charge in [0.25, 0.3) is 0 Å². The molecule has 0 saturated carbocycles. The van der Waals surface area contributed by atoms with E-state index in [1.54, 1.807) is 18.9 Å². The molecule has 4 heteroatoms. The predicted molar refractivity (Wildman–Crippen MR) is 94.0 cm³/mol. The lowest BCUT2D eigenvalue weighted by Gasteiger charge is -2.24. The Hall–Kier alpha value is -0.970. The molecule has 2 aromatic rings. The van der Waals surface area contributed by atoms with Crippen LogP contribution in [0.1, 0.15) is 24.2 Å². The van der Waals surface area contributed by atoms with E-state index in [2.05, 4.69) is 53.2 Å². The quantitative estimate of drug-likeness (QED) is 0.729. The van der Waals surface area contributed by atoms with Gasteiger partial charge in [0, 0.05) is 15.4 Å². The molecule has 2 unspecified atom stereocenters. The molecule has 0 fully saturated rings. The van der Waals surface area contributed by atoms with Gasteiger partial charge in [0.05, 0.1) is 12.4 Å². The Kier molecular flexibility index (Phi) is 6.15. The molecule has 112 valence electrons. The number of rotatable bonds is 6. The van der Waals surface area contributed by atoms with Crippen LogP contribution in [-0.4, -0.2) is 13.2 Å². The first-order chi connectivity index (χ1) is 10.2. The number of benzene rings is 2. The summed E-state index contributed by atoms with van der Waals surface area (Å²) in [7, 11) is 1.68. The van der Waals surface area contributed by atoms with E-state index in [9.17, 15) is 0 Å². The lowest BCUT2D eigenvalue weighted by atomic mass is 10.0. The first-order valence-corrected chi connectivity index (χ1v) is 8.63. The second-order valence-electron chi connectivity index (χ2n) is 4.81. The van der Waals surface area contributed by atoms with Gasteiger partial charge in [-0.1, -0.05) is 41.1 Å². The number of ether oxygens (including phenoxy) is 1. The number of methoxy groups -OCH3 is 1. The highest BCUT2D eigenvalue weighted by atomic mass is 79.9. The molecule has 0 radical (unpaired) electrons. The van der Waals surface area contributed by atoms with Crippen molar-refractivity contribution in [3.63, 3.8) is 0 Å². The molecular formula is C17H20BrNOS. The first-order valence-electron chi connectivity index (χ1n) is 6.96. The van der Waals surface area contributed by atoms with Crippen LogP contribution in [0.25, 0.3) is 0 Å². The van der Waals surface area contributed by atoms with Gasteiger partial charge in [0.1, 0.15) is 5.75 Å². The molecule has 21 heavy (non-hydrogen) atoms. The molecule has 2 nitrogen and oxygen atoms in total. The Bertz CT molecular complexity index is 573. The topological polar surface area (TPSA) is 35.2 Å². The molecule has 2 N–H and O–H groups in total. The number of thioether (sulfide) groups is 1. The van der Waals surface area contributed by atoms with Gasteiger partial charge in [-0.2, -0.15) is 0 Å². The predicted octanol–water partition coefficient (Wildman–Crippen LogP) is 5.03. The Morgan fingerprint density at radius 1 is 1.14 bits per heavy atom. The minimum absolute atomic E-state index is 0.107. The minimum Gasteiger partial charge on any atom is -0.497 e. The Balaban J connectivity index is 2.26. The maximum atomic E-state index is 6.36. The maximum Gasteiger partial charge on any atom is 0.118 e. The van der Waals surface area contributed by atoms with Crippen LogP contribution in [0.15, 0.2) is 57.9 Å². The van der Waals surface area contributed by atoms with E-state index in [0.29, 0.717) is 0 Å². The van der Waals surface area contributed by atoms with Gasteiger partial charge in [-0.3, -0.25) is 0 Å². The average Bonchev–Trinajstić information content (AvgIpc) is 2.53. The van der Waals surface area contributed by atoms with Gasteiger partial charge in [0.2, 0.25) is 0 Å². The molecule has 2 aromatic carbocycles. The summed E-state index contributed by atoms with van der Waals surface area (Å²) >= 11 is 5.44. The summed E-state index contributed by atoms with van der Waals surface area (Å²) in [5.41, 5.74) is 7.60. The Morgan fingerprint density at radius 3 is 2.38 bits per heavy atom. The van der Waals surface area contributed by atoms with E-state index in [1.807, 2.05) is 18.2 Å². The summed E-state index contributed by atoms with van der Waals surface area (Å²) in [4.78, 5) is 1.19. The number of hydrogen-bond acceptors (Lipinski definition) is 3. The summed E-state index contributed by atoms with van der Waals surface area (Å²) in [6.45, 7) is 2.13. The summed E-state index contributed by atoms with van der Waals surface area (Å²) in [5.74, 6) is 0.872. The van der Waals surface area contributed by atoms with E-state index < -0.39 is 0 Å². The van der Waals surface area contributed by atoms with Crippen LogP contribution in [0.3, 0.4) is 0 Å². The van der Waals surface area contributed by atoms with Gasteiger partial charge >= 0.3 is 0 Å². The molecule has 0 spiro atoms. The van der Waals surface area contributed by atoms with Crippen LogP contribution < -0.4 is 10.5 Å². The molecule has 0 amide bonds. The fraction of sp³-hybridized carbons (Fsp3) is 0.294. The van der Waals surface area contributed by atoms with Crippen molar-refractivity contribution in [2.45, 2.75) is 29.5 Å². The fourth-order valence-corrected chi connectivity index (χ4v) is 4.07. The van der Waals surface area contributed by atoms with Crippen molar-refractivity contribution in [2.24, 2.45) is 5.73 Å². The van der Waals surface area contributed by atoms with Crippen molar-refractivity contribution in [2.75, 3.05) is 7.11 Å². The molecule has 0 aromatic heterocycles. The molecular weight excluding hydrogens is 346 g/mol. The Morgan fingerprint density at radius 2 is 1.81 bits per heavy atom. The molecule has 2 rings (SSSR count). The van der Waals surface area contributed by atoms with Crippen LogP contribution in [0.5, 0.6) is 5.75 Å². The molecule has 0 aliphatic rings. The van der Waals surface area contributed by atoms with Crippen LogP contribution >= 0.6 is 27.7 Å². The zero-order chi connectivity index (χ0) is 15.2. The standard InChI is InChI=1S/C17H20BrNOS/c1-3-16(19)17(14-6-4-5-7-15(14)18)21-13-10-8-12(20-2)9-11-13/h4-11,16-17H,3,19H2,1-2H3. The summed E-state index contributed by atoms with van der Waals surface area (Å²) in [6, 6.07) is 16.5. The average molecular weight is 366 g/mol. The number of nitrogens with two attached hydrogens (primary N) is 1. The van der Waals surface area contributed by atoms with Gasteiger partial charge < -0.3 is 10.5 Å². The monoisotopic (exact) mass is 365 g/mol. The van der Waals surface area contributed by atoms with Gasteiger partial charge in [0.15, 0.2) is 0 Å². The van der Waals surface area contributed by atoms with E-state index in [1.165, 1.54) is 10.5 Å². The molecule has 0 heterocycles. The Labute approximate surface area is 139 Å². The van der Waals surface area contributed by atoms with E-state index in [-0.39, 0.29) is 11.3 Å². The second-order valence-corrected chi connectivity index (χ2v) is 6.88. The SMILES string of the molecule is CCC(N)C(Sc1ccc(OC)cc1)c1ccccc1Br. The highest BCUT2D eigenvalue weighted by molar-refractivity contribution is 9.10. The van der Waals surface area contributed by atoms with E-state index in [0.717, 1.165) is 16.6 Å². The summed E-state index contributed by atoms with van der Waals surface area (Å²) < 4.78 is 6.32. The third-order valence-electron chi connectivity index (χ3n) is 3.39. The van der Waals surface area contributed by atoms with Crippen LogP contribution in [0, 0.1) is 0 Å². The third kappa shape index (κ3) is 4.25. The third-order valence-corrected chi connectivity index (χ3v) is 5.52. The van der Waals surface area contributed by atoms with Crippen molar-refractivity contribution in [3.8, 4) is 5.75 Å². The number of hydrogen-bond donors (Lipinski definition) is 1. The zero-order valence-electron chi connectivity index (χ0n) is 12.3. The first kappa shape index (κ1) is 16.4. The molecule has 2 atom stereocenters. The van der Waals surface area contributed by atoms with Crippen LogP contribution in [-0.2, 0) is 0 Å². The van der Waals surface area contributed by atoms with E-state index >= 15 is 0 Å². The van der Waals surface area contributed by atoms with Gasteiger partial charge in [-0.15, -0.1) is 11.8 Å². The van der Waals surface area contributed by atoms with Crippen LogP contribution in [0.2, 0.25) is 0 Å². The van der Waals surface area contributed by atoms with Crippen LogP contribution in [0.4, 0.5) is 0 Å². The number of halogens is 1. The second kappa shape index (κ2) is 7.87. The molecule has 0 aliphatic carbocycles. The summed E-state index contributed by atoms with van der Waals surface area (Å²) in [6.07, 6.45) is 0.940.